The zero-order valence-electron chi connectivity index (χ0n) is 17.5. The van der Waals surface area contributed by atoms with Crippen LogP contribution < -0.4 is 9.47 Å². The number of ether oxygens (including phenoxy) is 3. The summed E-state index contributed by atoms with van der Waals surface area (Å²) in [5, 5.41) is 0. The van der Waals surface area contributed by atoms with Gasteiger partial charge in [0, 0.05) is 19.6 Å². The number of morpholine rings is 1. The molecule has 0 radical (unpaired) electrons. The highest BCUT2D eigenvalue weighted by Gasteiger charge is 2.31. The van der Waals surface area contributed by atoms with Crippen molar-refractivity contribution in [2.75, 3.05) is 46.6 Å². The molecule has 0 atom stereocenters. The normalized spacial score (nSPS) is 18.1. The third-order valence-corrected chi connectivity index (χ3v) is 6.83. The lowest BCUT2D eigenvalue weighted by Gasteiger charge is -2.27. The number of unbranched alkanes of at least 4 members (excludes halogenated alkanes) is 1. The van der Waals surface area contributed by atoms with Crippen LogP contribution in [0.2, 0.25) is 0 Å². The summed E-state index contributed by atoms with van der Waals surface area (Å²) < 4.78 is 17.7. The topological polar surface area (TPSA) is 68.3 Å². The number of hydrogen-bond donors (Lipinski definition) is 0. The predicted octanol–water partition coefficient (Wildman–Crippen LogP) is 3.70. The van der Waals surface area contributed by atoms with E-state index >= 15 is 0 Å². The number of nitrogens with zero attached hydrogens (tertiary/aromatic N) is 2. The molecule has 2 aliphatic heterocycles. The molecule has 0 N–H and O–H groups in total. The van der Waals surface area contributed by atoms with Gasteiger partial charge in [-0.2, -0.15) is 0 Å². The van der Waals surface area contributed by atoms with E-state index in [2.05, 4.69) is 22.9 Å². The van der Waals surface area contributed by atoms with Crippen molar-refractivity contribution in [3.63, 3.8) is 0 Å². The second-order valence-electron chi connectivity index (χ2n) is 7.00. The molecule has 0 bridgehead atoms. The Bertz CT molecular complexity index is 887. The first kappa shape index (κ1) is 24.0. The Morgan fingerprint density at radius 1 is 1.35 bits per heavy atom. The van der Waals surface area contributed by atoms with Crippen molar-refractivity contribution < 1.29 is 23.8 Å². The third-order valence-electron chi connectivity index (χ3n) is 4.86. The molecule has 7 nitrogen and oxygen atoms in total. The summed E-state index contributed by atoms with van der Waals surface area (Å²) in [7, 11) is 1.53. The third kappa shape index (κ3) is 6.00. The Hall–Kier alpha value is -1.62. The van der Waals surface area contributed by atoms with Crippen LogP contribution in [-0.4, -0.2) is 72.5 Å². The van der Waals surface area contributed by atoms with Crippen molar-refractivity contribution in [2.45, 2.75) is 19.8 Å². The Balaban J connectivity index is 1.73. The molecule has 3 rings (SSSR count). The number of thioether (sulfide) groups is 1. The fraction of sp³-hybridized carbons (Fsp3) is 0.476. The van der Waals surface area contributed by atoms with Gasteiger partial charge in [-0.1, -0.05) is 37.3 Å². The van der Waals surface area contributed by atoms with Crippen LogP contribution in [0.3, 0.4) is 0 Å². The van der Waals surface area contributed by atoms with Gasteiger partial charge in [0.2, 0.25) is 0 Å². The van der Waals surface area contributed by atoms with Gasteiger partial charge in [-0.3, -0.25) is 14.5 Å². The van der Waals surface area contributed by atoms with E-state index in [-0.39, 0.29) is 18.4 Å². The molecule has 1 aromatic carbocycles. The molecule has 2 heterocycles. The Morgan fingerprint density at radius 2 is 2.10 bits per heavy atom. The van der Waals surface area contributed by atoms with Gasteiger partial charge >= 0.3 is 0 Å². The summed E-state index contributed by atoms with van der Waals surface area (Å²) in [6.45, 7) is 4.83. The zero-order valence-corrected chi connectivity index (χ0v) is 20.7. The molecule has 0 aliphatic carbocycles. The number of thiocarbonyl (C=S) groups is 1. The molecular formula is C21H25BrN2O5S2. The standard InChI is InChI=1S/C21H25BrN2O5S2/c1-3-4-5-24-20(26)17(31-21(24)30)12-14-10-15(22)19(16(11-14)27-2)29-13-18(25)23-6-8-28-9-7-23/h10-12H,3-9,13H2,1-2H3/b17-12-. The van der Waals surface area contributed by atoms with Crippen molar-refractivity contribution in [3.8, 4) is 11.5 Å². The summed E-state index contributed by atoms with van der Waals surface area (Å²) in [6, 6.07) is 3.60. The van der Waals surface area contributed by atoms with E-state index in [1.165, 1.54) is 18.9 Å². The van der Waals surface area contributed by atoms with Gasteiger partial charge in [0.25, 0.3) is 11.8 Å². The van der Waals surface area contributed by atoms with Gasteiger partial charge in [0.05, 0.1) is 29.7 Å². The summed E-state index contributed by atoms with van der Waals surface area (Å²) >= 11 is 10.2. The number of amides is 2. The van der Waals surface area contributed by atoms with Crippen molar-refractivity contribution >= 4 is 62.1 Å². The van der Waals surface area contributed by atoms with E-state index in [0.29, 0.717) is 58.0 Å². The molecule has 0 saturated carbocycles. The van der Waals surface area contributed by atoms with Crippen molar-refractivity contribution in [1.29, 1.82) is 0 Å². The maximum Gasteiger partial charge on any atom is 0.266 e. The lowest BCUT2D eigenvalue weighted by atomic mass is 10.2. The average Bonchev–Trinajstić information content (AvgIpc) is 3.03. The number of rotatable bonds is 8. The van der Waals surface area contributed by atoms with Crippen molar-refractivity contribution in [3.05, 3.63) is 27.1 Å². The Kier molecular flexibility index (Phi) is 8.76. The van der Waals surface area contributed by atoms with Crippen LogP contribution >= 0.6 is 39.9 Å². The predicted molar refractivity (Wildman–Crippen MR) is 128 cm³/mol. The molecule has 2 aliphatic rings. The molecule has 10 heteroatoms. The molecule has 168 valence electrons. The van der Waals surface area contributed by atoms with E-state index in [1.54, 1.807) is 21.9 Å². The maximum absolute atomic E-state index is 12.7. The summed E-state index contributed by atoms with van der Waals surface area (Å²) in [6.07, 6.45) is 3.70. The summed E-state index contributed by atoms with van der Waals surface area (Å²) in [4.78, 5) is 29.0. The highest BCUT2D eigenvalue weighted by Crippen LogP contribution is 2.39. The molecule has 2 fully saturated rings. The first-order valence-corrected chi connectivity index (χ1v) is 12.1. The quantitative estimate of drug-likeness (QED) is 0.376. The van der Waals surface area contributed by atoms with Crippen molar-refractivity contribution in [1.82, 2.24) is 9.80 Å². The fourth-order valence-corrected chi connectivity index (χ4v) is 5.04. The molecule has 0 aromatic heterocycles. The molecule has 31 heavy (non-hydrogen) atoms. The SMILES string of the molecule is CCCCN1C(=O)/C(=C/c2cc(Br)c(OCC(=O)N3CCOCC3)c(OC)c2)SC1=S. The van der Waals surface area contributed by atoms with Crippen LogP contribution in [-0.2, 0) is 14.3 Å². The van der Waals surface area contributed by atoms with E-state index in [1.807, 2.05) is 6.07 Å². The highest BCUT2D eigenvalue weighted by atomic mass is 79.9. The second-order valence-corrected chi connectivity index (χ2v) is 9.53. The van der Waals surface area contributed by atoms with E-state index in [0.717, 1.165) is 18.4 Å². The van der Waals surface area contributed by atoms with Gasteiger partial charge in [0.1, 0.15) is 4.32 Å². The van der Waals surface area contributed by atoms with Gasteiger partial charge in [-0.25, -0.2) is 0 Å². The minimum absolute atomic E-state index is 0.0741. The van der Waals surface area contributed by atoms with Gasteiger partial charge in [0.15, 0.2) is 18.1 Å². The number of carbonyl (C=O) groups is 2. The van der Waals surface area contributed by atoms with E-state index in [4.69, 9.17) is 26.4 Å². The molecule has 0 unspecified atom stereocenters. The van der Waals surface area contributed by atoms with Gasteiger partial charge in [-0.15, -0.1) is 0 Å². The van der Waals surface area contributed by atoms with E-state index < -0.39 is 0 Å². The Morgan fingerprint density at radius 3 is 2.77 bits per heavy atom. The van der Waals surface area contributed by atoms with E-state index in [9.17, 15) is 9.59 Å². The number of methoxy groups -OCH3 is 1. The average molecular weight is 529 g/mol. The molecule has 2 saturated heterocycles. The minimum atomic E-state index is -0.0999. The van der Waals surface area contributed by atoms with Crippen LogP contribution in [0, 0.1) is 0 Å². The van der Waals surface area contributed by atoms with Crippen LogP contribution in [0.1, 0.15) is 25.3 Å². The highest BCUT2D eigenvalue weighted by molar-refractivity contribution is 9.10. The summed E-state index contributed by atoms with van der Waals surface area (Å²) in [5.74, 6) is 0.737. The fourth-order valence-electron chi connectivity index (χ4n) is 3.16. The molecule has 2 amide bonds. The van der Waals surface area contributed by atoms with Crippen molar-refractivity contribution in [2.24, 2.45) is 0 Å². The molecule has 0 spiro atoms. The number of benzene rings is 1. The Labute approximate surface area is 200 Å². The van der Waals surface area contributed by atoms with Crippen LogP contribution in [0.4, 0.5) is 0 Å². The van der Waals surface area contributed by atoms with Crippen LogP contribution in [0.25, 0.3) is 6.08 Å². The lowest BCUT2D eigenvalue weighted by molar-refractivity contribution is -0.137. The zero-order chi connectivity index (χ0) is 22.4. The number of hydrogen-bond acceptors (Lipinski definition) is 7. The number of carbonyl (C=O) groups excluding carboxylic acids is 2. The smallest absolute Gasteiger partial charge is 0.266 e. The van der Waals surface area contributed by atoms with Crippen LogP contribution in [0.15, 0.2) is 21.5 Å². The maximum atomic E-state index is 12.7. The minimum Gasteiger partial charge on any atom is -0.493 e. The first-order valence-electron chi connectivity index (χ1n) is 10.1. The lowest BCUT2D eigenvalue weighted by Crippen LogP contribution is -2.43. The monoisotopic (exact) mass is 528 g/mol. The largest absolute Gasteiger partial charge is 0.493 e. The summed E-state index contributed by atoms with van der Waals surface area (Å²) in [5.41, 5.74) is 0.770. The molecule has 1 aromatic rings. The molecular weight excluding hydrogens is 504 g/mol. The van der Waals surface area contributed by atoms with Gasteiger partial charge in [-0.05, 0) is 46.1 Å². The second kappa shape index (κ2) is 11.3. The van der Waals surface area contributed by atoms with Gasteiger partial charge < -0.3 is 19.1 Å². The first-order chi connectivity index (χ1) is 14.9. The van der Waals surface area contributed by atoms with Crippen LogP contribution in [0.5, 0.6) is 11.5 Å². The number of halogens is 1.